The van der Waals surface area contributed by atoms with Crippen molar-refractivity contribution >= 4 is 11.6 Å². The lowest BCUT2D eigenvalue weighted by molar-refractivity contribution is -0.114. The second kappa shape index (κ2) is 4.22. The summed E-state index contributed by atoms with van der Waals surface area (Å²) in [6, 6.07) is 9.03. The molecule has 0 atom stereocenters. The molecule has 0 N–H and O–H groups in total. The molecule has 1 saturated carbocycles. The molecule has 1 fully saturated rings. The molecular formula is C13H12O2. The second-order valence-electron chi connectivity index (χ2n) is 3.68. The first kappa shape index (κ1) is 9.84. The Morgan fingerprint density at radius 1 is 1.13 bits per heavy atom. The summed E-state index contributed by atoms with van der Waals surface area (Å²) >= 11 is 0. The quantitative estimate of drug-likeness (QED) is 0.543. The van der Waals surface area contributed by atoms with Crippen LogP contribution >= 0.6 is 0 Å². The summed E-state index contributed by atoms with van der Waals surface area (Å²) in [6.45, 7) is 0. The van der Waals surface area contributed by atoms with Crippen LogP contribution in [0.5, 0.6) is 0 Å². The number of Topliss-reactive ketones (excluding diaryl/α,β-unsaturated/α-hetero) is 1. The zero-order valence-electron chi connectivity index (χ0n) is 8.40. The van der Waals surface area contributed by atoms with Crippen LogP contribution in [0, 0.1) is 0 Å². The van der Waals surface area contributed by atoms with Crippen LogP contribution in [0.2, 0.25) is 0 Å². The van der Waals surface area contributed by atoms with Crippen molar-refractivity contribution in [1.82, 2.24) is 0 Å². The SMILES string of the molecule is O=C1CCCC1=CC(=O)c1ccccc1. The summed E-state index contributed by atoms with van der Waals surface area (Å²) in [7, 11) is 0. The summed E-state index contributed by atoms with van der Waals surface area (Å²) in [4.78, 5) is 23.0. The van der Waals surface area contributed by atoms with Gasteiger partial charge in [-0.3, -0.25) is 9.59 Å². The van der Waals surface area contributed by atoms with Crippen molar-refractivity contribution in [2.24, 2.45) is 0 Å². The van der Waals surface area contributed by atoms with Gasteiger partial charge in [0, 0.05) is 12.0 Å². The lowest BCUT2D eigenvalue weighted by atomic mass is 10.1. The first-order valence-electron chi connectivity index (χ1n) is 5.10. The topological polar surface area (TPSA) is 34.1 Å². The molecule has 2 rings (SSSR count). The molecule has 15 heavy (non-hydrogen) atoms. The molecule has 76 valence electrons. The normalized spacial score (nSPS) is 18.4. The highest BCUT2D eigenvalue weighted by Crippen LogP contribution is 2.20. The summed E-state index contributed by atoms with van der Waals surface area (Å²) in [5, 5.41) is 0. The average molecular weight is 200 g/mol. The minimum absolute atomic E-state index is 0.0687. The zero-order valence-corrected chi connectivity index (χ0v) is 8.40. The molecule has 0 heterocycles. The van der Waals surface area contributed by atoms with Gasteiger partial charge in [0.1, 0.15) is 0 Å². The van der Waals surface area contributed by atoms with E-state index in [4.69, 9.17) is 0 Å². The van der Waals surface area contributed by atoms with Crippen molar-refractivity contribution in [1.29, 1.82) is 0 Å². The van der Waals surface area contributed by atoms with Crippen molar-refractivity contribution < 1.29 is 9.59 Å². The van der Waals surface area contributed by atoms with Crippen molar-refractivity contribution in [3.05, 3.63) is 47.5 Å². The van der Waals surface area contributed by atoms with Gasteiger partial charge in [0.25, 0.3) is 0 Å². The van der Waals surface area contributed by atoms with Crippen LogP contribution in [0.1, 0.15) is 29.6 Å². The van der Waals surface area contributed by atoms with Crippen LogP contribution < -0.4 is 0 Å². The number of rotatable bonds is 2. The molecule has 0 spiro atoms. The Morgan fingerprint density at radius 2 is 1.87 bits per heavy atom. The molecule has 0 aliphatic heterocycles. The Labute approximate surface area is 88.6 Å². The molecule has 1 aliphatic carbocycles. The maximum atomic E-state index is 11.7. The molecule has 1 aromatic rings. The fourth-order valence-electron chi connectivity index (χ4n) is 1.74. The maximum absolute atomic E-state index is 11.7. The predicted molar refractivity (Wildman–Crippen MR) is 57.7 cm³/mol. The Balaban J connectivity index is 2.20. The molecule has 0 amide bonds. The maximum Gasteiger partial charge on any atom is 0.186 e. The third-order valence-corrected chi connectivity index (χ3v) is 2.57. The number of hydrogen-bond acceptors (Lipinski definition) is 2. The van der Waals surface area contributed by atoms with E-state index in [1.54, 1.807) is 12.1 Å². The number of allylic oxidation sites excluding steroid dienone is 2. The molecule has 0 radical (unpaired) electrons. The molecule has 2 nitrogen and oxygen atoms in total. The Bertz CT molecular complexity index is 415. The number of ketones is 2. The van der Waals surface area contributed by atoms with Crippen molar-refractivity contribution in [3.63, 3.8) is 0 Å². The third kappa shape index (κ3) is 2.21. The van der Waals surface area contributed by atoms with Gasteiger partial charge in [-0.25, -0.2) is 0 Å². The Morgan fingerprint density at radius 3 is 2.47 bits per heavy atom. The van der Waals surface area contributed by atoms with Crippen LogP contribution in [0.4, 0.5) is 0 Å². The van der Waals surface area contributed by atoms with E-state index in [9.17, 15) is 9.59 Å². The van der Waals surface area contributed by atoms with E-state index in [0.717, 1.165) is 12.8 Å². The van der Waals surface area contributed by atoms with Crippen molar-refractivity contribution in [2.45, 2.75) is 19.3 Å². The highest BCUT2D eigenvalue weighted by molar-refractivity contribution is 6.10. The molecule has 1 aromatic carbocycles. The van der Waals surface area contributed by atoms with E-state index < -0.39 is 0 Å². The summed E-state index contributed by atoms with van der Waals surface area (Å²) in [5.41, 5.74) is 1.33. The first-order valence-corrected chi connectivity index (χ1v) is 5.10. The summed E-state index contributed by atoms with van der Waals surface area (Å²) in [6.07, 6.45) is 3.71. The zero-order chi connectivity index (χ0) is 10.7. The number of hydrogen-bond donors (Lipinski definition) is 0. The van der Waals surface area contributed by atoms with E-state index in [1.807, 2.05) is 18.2 Å². The minimum Gasteiger partial charge on any atom is -0.295 e. The summed E-state index contributed by atoms with van der Waals surface area (Å²) < 4.78 is 0. The monoisotopic (exact) mass is 200 g/mol. The van der Waals surface area contributed by atoms with Crippen LogP contribution in [0.3, 0.4) is 0 Å². The van der Waals surface area contributed by atoms with Gasteiger partial charge in [0.15, 0.2) is 11.6 Å². The third-order valence-electron chi connectivity index (χ3n) is 2.57. The smallest absolute Gasteiger partial charge is 0.186 e. The van der Waals surface area contributed by atoms with E-state index in [1.165, 1.54) is 6.08 Å². The van der Waals surface area contributed by atoms with E-state index in [2.05, 4.69) is 0 Å². The van der Waals surface area contributed by atoms with Crippen LogP contribution in [-0.2, 0) is 4.79 Å². The van der Waals surface area contributed by atoms with Gasteiger partial charge in [0.05, 0.1) is 0 Å². The Hall–Kier alpha value is -1.70. The molecule has 0 aromatic heterocycles. The highest BCUT2D eigenvalue weighted by Gasteiger charge is 2.18. The molecule has 0 saturated heterocycles. The average Bonchev–Trinajstić information content (AvgIpc) is 2.66. The molecule has 0 bridgehead atoms. The van der Waals surface area contributed by atoms with Gasteiger partial charge in [-0.05, 0) is 24.5 Å². The van der Waals surface area contributed by atoms with E-state index >= 15 is 0 Å². The van der Waals surface area contributed by atoms with Gasteiger partial charge in [-0.15, -0.1) is 0 Å². The first-order chi connectivity index (χ1) is 7.27. The number of carbonyl (C=O) groups is 2. The fourth-order valence-corrected chi connectivity index (χ4v) is 1.74. The van der Waals surface area contributed by atoms with Gasteiger partial charge >= 0.3 is 0 Å². The summed E-state index contributed by atoms with van der Waals surface area (Å²) in [5.74, 6) is 0.0557. The molecule has 1 aliphatic rings. The highest BCUT2D eigenvalue weighted by atomic mass is 16.1. The minimum atomic E-state index is -0.0687. The Kier molecular flexibility index (Phi) is 2.77. The van der Waals surface area contributed by atoms with Crippen molar-refractivity contribution in [3.8, 4) is 0 Å². The van der Waals surface area contributed by atoms with Crippen molar-refractivity contribution in [2.75, 3.05) is 0 Å². The number of carbonyl (C=O) groups excluding carboxylic acids is 2. The second-order valence-corrected chi connectivity index (χ2v) is 3.68. The van der Waals surface area contributed by atoms with E-state index in [0.29, 0.717) is 17.6 Å². The van der Waals surface area contributed by atoms with Gasteiger partial charge < -0.3 is 0 Å². The van der Waals surface area contributed by atoms with Gasteiger partial charge in [0.2, 0.25) is 0 Å². The molecule has 2 heteroatoms. The van der Waals surface area contributed by atoms with Crippen LogP contribution in [0.15, 0.2) is 42.0 Å². The largest absolute Gasteiger partial charge is 0.295 e. The van der Waals surface area contributed by atoms with Gasteiger partial charge in [-0.1, -0.05) is 30.3 Å². The van der Waals surface area contributed by atoms with Gasteiger partial charge in [-0.2, -0.15) is 0 Å². The lowest BCUT2D eigenvalue weighted by Crippen LogP contribution is -1.99. The number of benzene rings is 1. The standard InChI is InChI=1S/C13H12O2/c14-12-8-4-7-11(12)9-13(15)10-5-2-1-3-6-10/h1-3,5-6,9H,4,7-8H2. The van der Waals surface area contributed by atoms with E-state index in [-0.39, 0.29) is 11.6 Å². The van der Waals surface area contributed by atoms with Crippen LogP contribution in [-0.4, -0.2) is 11.6 Å². The fraction of sp³-hybridized carbons (Fsp3) is 0.231. The van der Waals surface area contributed by atoms with Crippen LogP contribution in [0.25, 0.3) is 0 Å². The molecule has 0 unspecified atom stereocenters. The lowest BCUT2D eigenvalue weighted by Gasteiger charge is -1.96. The molecular weight excluding hydrogens is 188 g/mol. The predicted octanol–water partition coefficient (Wildman–Crippen LogP) is 2.55.